The van der Waals surface area contributed by atoms with Crippen molar-refractivity contribution in [3.63, 3.8) is 0 Å². The summed E-state index contributed by atoms with van der Waals surface area (Å²) in [5, 5.41) is 3.27. The minimum Gasteiger partial charge on any atom is -0.315 e. The highest BCUT2D eigenvalue weighted by Crippen LogP contribution is 2.37. The monoisotopic (exact) mass is 321 g/mol. The van der Waals surface area contributed by atoms with Gasteiger partial charge in [0.15, 0.2) is 0 Å². The number of hydrogen-bond donors (Lipinski definition) is 1. The molecule has 0 atom stereocenters. The van der Waals surface area contributed by atoms with E-state index in [0.29, 0.717) is 12.6 Å². The van der Waals surface area contributed by atoms with Gasteiger partial charge < -0.3 is 9.19 Å². The summed E-state index contributed by atoms with van der Waals surface area (Å²) < 4.78 is 29.8. The Kier molecular flexibility index (Phi) is 6.26. The minimum atomic E-state index is -3.42. The Morgan fingerprint density at radius 1 is 1.15 bits per heavy atom. The Bertz CT molecular complexity index is 395. The minimum absolute atomic E-state index is 0.0794. The molecule has 0 heterocycles. The van der Waals surface area contributed by atoms with E-state index in [1.54, 1.807) is 0 Å². The van der Waals surface area contributed by atoms with Crippen LogP contribution in [0.3, 0.4) is 0 Å². The van der Waals surface area contributed by atoms with Crippen molar-refractivity contribution in [3.8, 4) is 0 Å². The molecule has 1 aliphatic carbocycles. The number of hydrogen-bond acceptors (Lipinski definition) is 4. The lowest BCUT2D eigenvalue weighted by Crippen LogP contribution is -2.44. The molecule has 1 saturated carbocycles. The van der Waals surface area contributed by atoms with Crippen molar-refractivity contribution >= 4 is 18.4 Å². The Morgan fingerprint density at radius 3 is 2.20 bits per heavy atom. The topological polar surface area (TPSA) is 55.4 Å². The van der Waals surface area contributed by atoms with E-state index in [9.17, 15) is 8.42 Å². The van der Waals surface area contributed by atoms with Crippen LogP contribution in [0.2, 0.25) is 18.1 Å². The predicted octanol–water partition coefficient (Wildman–Crippen LogP) is 3.26. The van der Waals surface area contributed by atoms with Crippen molar-refractivity contribution in [1.29, 1.82) is 0 Å². The van der Waals surface area contributed by atoms with Gasteiger partial charge in [-0.25, -0.2) is 8.42 Å². The van der Waals surface area contributed by atoms with Gasteiger partial charge in [0.25, 0.3) is 10.1 Å². The highest BCUT2D eigenvalue weighted by atomic mass is 32.2. The smallest absolute Gasteiger partial charge is 0.259 e. The lowest BCUT2D eigenvalue weighted by Gasteiger charge is -2.35. The molecule has 1 rings (SSSR count). The Labute approximate surface area is 125 Å². The van der Waals surface area contributed by atoms with Crippen molar-refractivity contribution in [3.05, 3.63) is 0 Å². The standard InChI is InChI=1S/C14H31NO3SSi/c1-14(2,3)20(4,5)18-19(16,17)12-11-15-13-9-7-6-8-10-13/h13,15H,6-12H2,1-5H3. The van der Waals surface area contributed by atoms with E-state index in [4.69, 9.17) is 3.87 Å². The van der Waals surface area contributed by atoms with Crippen LogP contribution in [0, 0.1) is 0 Å². The Balaban J connectivity index is 2.41. The fourth-order valence-electron chi connectivity index (χ4n) is 2.18. The second kappa shape index (κ2) is 6.90. The first-order valence-corrected chi connectivity index (χ1v) is 12.2. The van der Waals surface area contributed by atoms with Gasteiger partial charge in [-0.3, -0.25) is 0 Å². The molecule has 0 saturated heterocycles. The maximum absolute atomic E-state index is 12.1. The normalized spacial score (nSPS) is 19.2. The highest BCUT2D eigenvalue weighted by Gasteiger charge is 2.41. The van der Waals surface area contributed by atoms with Crippen LogP contribution < -0.4 is 5.32 Å². The van der Waals surface area contributed by atoms with Crippen LogP contribution in [0.5, 0.6) is 0 Å². The second-order valence-corrected chi connectivity index (χ2v) is 14.1. The Hall–Kier alpha value is 0.0869. The van der Waals surface area contributed by atoms with Crippen molar-refractivity contribution in [2.24, 2.45) is 0 Å². The molecule has 0 unspecified atom stereocenters. The molecule has 6 heteroatoms. The number of rotatable bonds is 6. The van der Waals surface area contributed by atoms with E-state index in [-0.39, 0.29) is 10.8 Å². The molecule has 0 aromatic rings. The van der Waals surface area contributed by atoms with E-state index >= 15 is 0 Å². The molecule has 1 fully saturated rings. The molecule has 4 nitrogen and oxygen atoms in total. The van der Waals surface area contributed by atoms with Crippen LogP contribution in [0.1, 0.15) is 52.9 Å². The van der Waals surface area contributed by atoms with Gasteiger partial charge in [0, 0.05) is 12.6 Å². The highest BCUT2D eigenvalue weighted by molar-refractivity contribution is 7.87. The molecule has 20 heavy (non-hydrogen) atoms. The molecule has 0 radical (unpaired) electrons. The van der Waals surface area contributed by atoms with E-state index in [0.717, 1.165) is 0 Å². The van der Waals surface area contributed by atoms with E-state index in [1.165, 1.54) is 32.1 Å². The zero-order valence-corrected chi connectivity index (χ0v) is 15.5. The molecule has 0 spiro atoms. The largest absolute Gasteiger partial charge is 0.315 e. The molecule has 0 aliphatic heterocycles. The molecule has 0 amide bonds. The Morgan fingerprint density at radius 2 is 1.70 bits per heavy atom. The zero-order valence-electron chi connectivity index (χ0n) is 13.7. The van der Waals surface area contributed by atoms with Crippen molar-refractivity contribution < 1.29 is 12.3 Å². The van der Waals surface area contributed by atoms with Crippen molar-refractivity contribution in [2.75, 3.05) is 12.3 Å². The lowest BCUT2D eigenvalue weighted by atomic mass is 9.96. The molecule has 1 aliphatic rings. The maximum Gasteiger partial charge on any atom is 0.259 e. The number of nitrogens with one attached hydrogen (secondary N) is 1. The summed E-state index contributed by atoms with van der Waals surface area (Å²) in [6.45, 7) is 10.6. The van der Waals surface area contributed by atoms with E-state index in [2.05, 4.69) is 26.1 Å². The van der Waals surface area contributed by atoms with Crippen LogP contribution in [0.25, 0.3) is 0 Å². The first-order valence-electron chi connectivity index (χ1n) is 7.70. The molecule has 0 aromatic heterocycles. The van der Waals surface area contributed by atoms with Crippen molar-refractivity contribution in [1.82, 2.24) is 5.32 Å². The van der Waals surface area contributed by atoms with Crippen LogP contribution in [0.4, 0.5) is 0 Å². The van der Waals surface area contributed by atoms with Crippen LogP contribution in [-0.2, 0) is 14.0 Å². The van der Waals surface area contributed by atoms with Crippen LogP contribution in [0.15, 0.2) is 0 Å². The molecule has 120 valence electrons. The lowest BCUT2D eigenvalue weighted by molar-refractivity contribution is 0.378. The summed E-state index contributed by atoms with van der Waals surface area (Å²) in [6, 6.07) is 0.492. The molecular weight excluding hydrogens is 290 g/mol. The van der Waals surface area contributed by atoms with Crippen LogP contribution in [-0.4, -0.2) is 35.1 Å². The van der Waals surface area contributed by atoms with Gasteiger partial charge >= 0.3 is 0 Å². The van der Waals surface area contributed by atoms with Gasteiger partial charge in [0.1, 0.15) is 0 Å². The molecular formula is C14H31NO3SSi. The maximum atomic E-state index is 12.1. The van der Waals surface area contributed by atoms with Crippen molar-refractivity contribution in [2.45, 2.75) is 77.0 Å². The predicted molar refractivity (Wildman–Crippen MR) is 86.9 cm³/mol. The van der Waals surface area contributed by atoms with E-state index < -0.39 is 18.4 Å². The second-order valence-electron chi connectivity index (χ2n) is 7.39. The first-order chi connectivity index (χ1) is 9.04. The third kappa shape index (κ3) is 5.83. The fourth-order valence-corrected chi connectivity index (χ4v) is 6.42. The summed E-state index contributed by atoms with van der Waals surface area (Å²) >= 11 is 0. The van der Waals surface area contributed by atoms with Gasteiger partial charge in [-0.15, -0.1) is 0 Å². The summed E-state index contributed by atoms with van der Waals surface area (Å²) in [5.74, 6) is 0.0794. The summed E-state index contributed by atoms with van der Waals surface area (Å²) in [5.41, 5.74) is 0. The van der Waals surface area contributed by atoms with E-state index in [1.807, 2.05) is 13.1 Å². The summed E-state index contributed by atoms with van der Waals surface area (Å²) in [7, 11) is -5.67. The molecule has 1 N–H and O–H groups in total. The third-order valence-electron chi connectivity index (χ3n) is 4.53. The van der Waals surface area contributed by atoms with Gasteiger partial charge in [0.2, 0.25) is 8.32 Å². The summed E-state index contributed by atoms with van der Waals surface area (Å²) in [4.78, 5) is 0. The van der Waals surface area contributed by atoms with Crippen LogP contribution >= 0.6 is 0 Å². The summed E-state index contributed by atoms with van der Waals surface area (Å²) in [6.07, 6.45) is 6.16. The van der Waals surface area contributed by atoms with Gasteiger partial charge in [0.05, 0.1) is 5.75 Å². The quantitative estimate of drug-likeness (QED) is 0.763. The molecule has 0 aromatic carbocycles. The SMILES string of the molecule is CC(C)(C)[Si](C)(C)OS(=O)(=O)CCNC1CCCCC1. The first kappa shape index (κ1) is 18.1. The third-order valence-corrected chi connectivity index (χ3v) is 11.5. The fraction of sp³-hybridized carbons (Fsp3) is 1.00. The average molecular weight is 322 g/mol. The van der Waals surface area contributed by atoms with Gasteiger partial charge in [-0.05, 0) is 31.0 Å². The zero-order chi connectivity index (χ0) is 15.4. The van der Waals surface area contributed by atoms with Gasteiger partial charge in [-0.1, -0.05) is 40.0 Å². The molecule has 0 bridgehead atoms. The van der Waals surface area contributed by atoms with Gasteiger partial charge in [-0.2, -0.15) is 0 Å². The average Bonchev–Trinajstić information content (AvgIpc) is 2.27.